The fourth-order valence-electron chi connectivity index (χ4n) is 2.61. The fraction of sp³-hybridized carbons (Fsp3) is 0.167. The molecule has 0 saturated carbocycles. The van der Waals surface area contributed by atoms with E-state index in [0.29, 0.717) is 5.69 Å². The van der Waals surface area contributed by atoms with Gasteiger partial charge >= 0.3 is 0 Å². The van der Waals surface area contributed by atoms with Crippen LogP contribution in [0.15, 0.2) is 54.7 Å². The number of rotatable bonds is 3. The van der Waals surface area contributed by atoms with Crippen LogP contribution in [0, 0.1) is 6.92 Å². The molecule has 1 aromatic heterocycles. The number of nitrogen functional groups attached to an aromatic ring is 1. The Balaban J connectivity index is 1.99. The molecule has 3 nitrogen and oxygen atoms in total. The van der Waals surface area contributed by atoms with Crippen molar-refractivity contribution in [3.63, 3.8) is 0 Å². The summed E-state index contributed by atoms with van der Waals surface area (Å²) in [4.78, 5) is 6.58. The molecule has 3 heteroatoms. The highest BCUT2D eigenvalue weighted by Gasteiger charge is 2.11. The molecule has 0 aliphatic carbocycles. The van der Waals surface area contributed by atoms with Crippen LogP contribution < -0.4 is 10.6 Å². The number of anilines is 2. The number of fused-ring (bicyclic) bond motifs is 1. The van der Waals surface area contributed by atoms with E-state index in [-0.39, 0.29) is 0 Å². The molecule has 1 heterocycles. The van der Waals surface area contributed by atoms with Gasteiger partial charge in [-0.25, -0.2) is 0 Å². The Morgan fingerprint density at radius 2 is 1.76 bits per heavy atom. The number of nitrogens with two attached hydrogens (primary N) is 1. The van der Waals surface area contributed by atoms with Crippen LogP contribution in [0.25, 0.3) is 10.9 Å². The summed E-state index contributed by atoms with van der Waals surface area (Å²) in [5.74, 6) is 0. The van der Waals surface area contributed by atoms with E-state index in [2.05, 4.69) is 54.2 Å². The first-order valence-electron chi connectivity index (χ1n) is 7.05. The summed E-state index contributed by atoms with van der Waals surface area (Å²) in [6, 6.07) is 16.7. The van der Waals surface area contributed by atoms with Crippen molar-refractivity contribution in [2.75, 3.05) is 17.7 Å². The number of para-hydroxylation sites is 1. The van der Waals surface area contributed by atoms with Crippen LogP contribution in [-0.4, -0.2) is 12.0 Å². The molecule has 2 N–H and O–H groups in total. The molecule has 0 radical (unpaired) electrons. The van der Waals surface area contributed by atoms with Crippen molar-refractivity contribution in [1.29, 1.82) is 0 Å². The highest BCUT2D eigenvalue weighted by atomic mass is 15.1. The van der Waals surface area contributed by atoms with Crippen LogP contribution in [0.1, 0.15) is 11.1 Å². The second-order valence-electron chi connectivity index (χ2n) is 5.42. The van der Waals surface area contributed by atoms with Crippen molar-refractivity contribution in [3.05, 3.63) is 65.9 Å². The van der Waals surface area contributed by atoms with E-state index < -0.39 is 0 Å². The molecule has 0 amide bonds. The van der Waals surface area contributed by atoms with E-state index in [1.807, 2.05) is 18.2 Å². The average Bonchev–Trinajstić information content (AvgIpc) is 2.49. The fourth-order valence-corrected chi connectivity index (χ4v) is 2.61. The van der Waals surface area contributed by atoms with E-state index in [0.717, 1.165) is 23.1 Å². The quantitative estimate of drug-likeness (QED) is 0.792. The van der Waals surface area contributed by atoms with Crippen molar-refractivity contribution in [2.24, 2.45) is 0 Å². The number of aromatic nitrogens is 1. The van der Waals surface area contributed by atoms with Gasteiger partial charge in [0, 0.05) is 19.0 Å². The molecule has 106 valence electrons. The highest BCUT2D eigenvalue weighted by molar-refractivity contribution is 5.97. The maximum atomic E-state index is 6.16. The summed E-state index contributed by atoms with van der Waals surface area (Å²) in [5, 5.41) is 1.09. The molecule has 21 heavy (non-hydrogen) atoms. The van der Waals surface area contributed by atoms with Gasteiger partial charge in [-0.05, 0) is 18.6 Å². The summed E-state index contributed by atoms with van der Waals surface area (Å²) in [6.45, 7) is 2.92. The molecule has 2 aromatic carbocycles. The lowest BCUT2D eigenvalue weighted by Gasteiger charge is -2.23. The van der Waals surface area contributed by atoms with E-state index in [1.54, 1.807) is 6.20 Å². The third-order valence-corrected chi connectivity index (χ3v) is 3.70. The Labute approximate surface area is 125 Å². The number of nitrogens with zero attached hydrogens (tertiary/aromatic N) is 2. The van der Waals surface area contributed by atoms with Crippen molar-refractivity contribution in [3.8, 4) is 0 Å². The molecular formula is C18H19N3. The van der Waals surface area contributed by atoms with Gasteiger partial charge in [0.05, 0.1) is 23.1 Å². The summed E-state index contributed by atoms with van der Waals surface area (Å²) in [6.07, 6.45) is 1.74. The maximum absolute atomic E-state index is 6.16. The molecule has 0 bridgehead atoms. The molecule has 3 aromatic rings. The molecular weight excluding hydrogens is 258 g/mol. The van der Waals surface area contributed by atoms with E-state index in [4.69, 9.17) is 5.73 Å². The number of benzene rings is 2. The molecule has 0 saturated heterocycles. The van der Waals surface area contributed by atoms with Crippen molar-refractivity contribution in [1.82, 2.24) is 4.98 Å². The second-order valence-corrected chi connectivity index (χ2v) is 5.42. The minimum atomic E-state index is 0.711. The lowest BCUT2D eigenvalue weighted by molar-refractivity contribution is 0.928. The van der Waals surface area contributed by atoms with E-state index >= 15 is 0 Å². The number of pyridine rings is 1. The molecule has 0 aliphatic heterocycles. The second kappa shape index (κ2) is 5.44. The van der Waals surface area contributed by atoms with Crippen LogP contribution in [0.3, 0.4) is 0 Å². The van der Waals surface area contributed by atoms with Gasteiger partial charge in [0.25, 0.3) is 0 Å². The third kappa shape index (κ3) is 2.68. The largest absolute Gasteiger partial charge is 0.396 e. The van der Waals surface area contributed by atoms with Crippen LogP contribution in [0.5, 0.6) is 0 Å². The predicted octanol–water partition coefficient (Wildman–Crippen LogP) is 3.76. The van der Waals surface area contributed by atoms with E-state index in [1.165, 1.54) is 11.1 Å². The Bertz CT molecular complexity index is 763. The summed E-state index contributed by atoms with van der Waals surface area (Å²) in [5.41, 5.74) is 11.4. The van der Waals surface area contributed by atoms with Crippen molar-refractivity contribution >= 4 is 22.3 Å². The third-order valence-electron chi connectivity index (χ3n) is 3.70. The molecule has 3 rings (SSSR count). The molecule has 0 atom stereocenters. The van der Waals surface area contributed by atoms with Gasteiger partial charge in [-0.15, -0.1) is 0 Å². The monoisotopic (exact) mass is 277 g/mol. The Morgan fingerprint density at radius 3 is 2.52 bits per heavy atom. The highest BCUT2D eigenvalue weighted by Crippen LogP contribution is 2.31. The lowest BCUT2D eigenvalue weighted by atomic mass is 10.1. The first-order valence-corrected chi connectivity index (χ1v) is 7.05. The number of hydrogen-bond donors (Lipinski definition) is 1. The van der Waals surface area contributed by atoms with Crippen LogP contribution in [-0.2, 0) is 6.54 Å². The molecule has 0 unspecified atom stereocenters. The van der Waals surface area contributed by atoms with Gasteiger partial charge in [-0.2, -0.15) is 0 Å². The Kier molecular flexibility index (Phi) is 3.48. The first kappa shape index (κ1) is 13.4. The zero-order valence-electron chi connectivity index (χ0n) is 12.4. The van der Waals surface area contributed by atoms with Crippen molar-refractivity contribution < 1.29 is 0 Å². The zero-order chi connectivity index (χ0) is 14.8. The molecule has 0 aliphatic rings. The normalized spacial score (nSPS) is 10.8. The zero-order valence-corrected chi connectivity index (χ0v) is 12.4. The topological polar surface area (TPSA) is 42.1 Å². The summed E-state index contributed by atoms with van der Waals surface area (Å²) < 4.78 is 0. The lowest BCUT2D eigenvalue weighted by Crippen LogP contribution is -2.18. The van der Waals surface area contributed by atoms with Crippen LogP contribution in [0.2, 0.25) is 0 Å². The minimum absolute atomic E-state index is 0.711. The maximum Gasteiger partial charge on any atom is 0.0745 e. The van der Waals surface area contributed by atoms with Gasteiger partial charge in [-0.3, -0.25) is 4.98 Å². The Morgan fingerprint density at radius 1 is 1.05 bits per heavy atom. The van der Waals surface area contributed by atoms with Gasteiger partial charge < -0.3 is 10.6 Å². The smallest absolute Gasteiger partial charge is 0.0745 e. The first-order chi connectivity index (χ1) is 10.1. The SMILES string of the molecule is Cc1ccc(CN(C)c2c(N)cnc3ccccc23)cc1. The standard InChI is InChI=1S/C18H19N3/c1-13-7-9-14(10-8-13)12-21(2)18-15-5-3-4-6-17(15)20-11-16(18)19/h3-11H,12,19H2,1-2H3. The molecule has 0 fully saturated rings. The minimum Gasteiger partial charge on any atom is -0.396 e. The van der Waals surface area contributed by atoms with Gasteiger partial charge in [0.1, 0.15) is 0 Å². The predicted molar refractivity (Wildman–Crippen MR) is 89.4 cm³/mol. The van der Waals surface area contributed by atoms with Gasteiger partial charge in [0.15, 0.2) is 0 Å². The number of hydrogen-bond acceptors (Lipinski definition) is 3. The Hall–Kier alpha value is -2.55. The summed E-state index contributed by atoms with van der Waals surface area (Å²) in [7, 11) is 2.07. The van der Waals surface area contributed by atoms with Gasteiger partial charge in [0.2, 0.25) is 0 Å². The average molecular weight is 277 g/mol. The van der Waals surface area contributed by atoms with E-state index in [9.17, 15) is 0 Å². The van der Waals surface area contributed by atoms with Gasteiger partial charge in [-0.1, -0.05) is 48.0 Å². The van der Waals surface area contributed by atoms with Crippen molar-refractivity contribution in [2.45, 2.75) is 13.5 Å². The number of aryl methyl sites for hydroxylation is 1. The van der Waals surface area contributed by atoms with Crippen LogP contribution >= 0.6 is 0 Å². The van der Waals surface area contributed by atoms with Crippen LogP contribution in [0.4, 0.5) is 11.4 Å². The molecule has 0 spiro atoms. The summed E-state index contributed by atoms with van der Waals surface area (Å²) >= 11 is 0.